The number of hydrogen-bond acceptors (Lipinski definition) is 5. The number of benzene rings is 1. The van der Waals surface area contributed by atoms with Crippen LogP contribution < -0.4 is 10.0 Å². The Balaban J connectivity index is 2.13. The number of sulfonamides is 1. The van der Waals surface area contributed by atoms with Gasteiger partial charge in [0, 0.05) is 5.69 Å². The maximum atomic E-state index is 12.5. The Bertz CT molecular complexity index is 774. The van der Waals surface area contributed by atoms with Crippen LogP contribution in [0.3, 0.4) is 0 Å². The summed E-state index contributed by atoms with van der Waals surface area (Å²) in [4.78, 5) is 12.5. The molecule has 1 aromatic heterocycles. The van der Waals surface area contributed by atoms with Crippen LogP contribution in [0.1, 0.15) is 12.0 Å². The van der Waals surface area contributed by atoms with E-state index < -0.39 is 16.1 Å². The molecule has 0 aliphatic rings. The molecule has 0 aliphatic heterocycles. The lowest BCUT2D eigenvalue weighted by Crippen LogP contribution is -2.43. The molecule has 0 saturated carbocycles. The van der Waals surface area contributed by atoms with Gasteiger partial charge in [0.05, 0.1) is 0 Å². The average Bonchev–Trinajstić information content (AvgIpc) is 3.06. The topological polar surface area (TPSA) is 75.3 Å². The van der Waals surface area contributed by atoms with Crippen LogP contribution >= 0.6 is 23.1 Å². The lowest BCUT2D eigenvalue weighted by atomic mass is 10.2. The summed E-state index contributed by atoms with van der Waals surface area (Å²) >= 11 is 2.69. The molecule has 2 rings (SSSR count). The van der Waals surface area contributed by atoms with Gasteiger partial charge in [0.15, 0.2) is 0 Å². The number of anilines is 1. The smallest absolute Gasteiger partial charge is 0.250 e. The number of thioether (sulfide) groups is 1. The number of hydrogen-bond donors (Lipinski definition) is 2. The zero-order chi connectivity index (χ0) is 17.6. The number of rotatable bonds is 8. The van der Waals surface area contributed by atoms with Crippen molar-refractivity contribution in [3.63, 3.8) is 0 Å². The van der Waals surface area contributed by atoms with Crippen LogP contribution in [-0.2, 0) is 14.8 Å². The second-order valence-corrected chi connectivity index (χ2v) is 9.12. The zero-order valence-electron chi connectivity index (χ0n) is 13.5. The second kappa shape index (κ2) is 8.66. The Morgan fingerprint density at radius 3 is 2.71 bits per heavy atom. The highest BCUT2D eigenvalue weighted by molar-refractivity contribution is 7.98. The minimum Gasteiger partial charge on any atom is -0.325 e. The molecule has 1 heterocycles. The summed E-state index contributed by atoms with van der Waals surface area (Å²) in [7, 11) is -3.69. The fourth-order valence-corrected chi connectivity index (χ4v) is 4.80. The van der Waals surface area contributed by atoms with Crippen LogP contribution in [0.25, 0.3) is 0 Å². The molecule has 24 heavy (non-hydrogen) atoms. The third-order valence-corrected chi connectivity index (χ3v) is 6.78. The molecule has 0 fully saturated rings. The van der Waals surface area contributed by atoms with Crippen molar-refractivity contribution < 1.29 is 13.2 Å². The Morgan fingerprint density at radius 2 is 2.08 bits per heavy atom. The minimum atomic E-state index is -3.69. The number of amides is 1. The summed E-state index contributed by atoms with van der Waals surface area (Å²) in [5.74, 6) is 0.327. The SMILES string of the molecule is CSCC[C@H](NS(=O)(=O)c1cccs1)C(=O)Nc1cccc(C)c1. The molecule has 0 spiro atoms. The molecule has 8 heteroatoms. The average molecular weight is 385 g/mol. The molecule has 130 valence electrons. The van der Waals surface area contributed by atoms with Crippen LogP contribution in [-0.4, -0.2) is 32.4 Å². The highest BCUT2D eigenvalue weighted by Crippen LogP contribution is 2.17. The van der Waals surface area contributed by atoms with E-state index in [0.29, 0.717) is 17.9 Å². The summed E-state index contributed by atoms with van der Waals surface area (Å²) in [5, 5.41) is 4.48. The maximum absolute atomic E-state index is 12.5. The highest BCUT2D eigenvalue weighted by atomic mass is 32.2. The summed E-state index contributed by atoms with van der Waals surface area (Å²) in [6.45, 7) is 1.93. The van der Waals surface area contributed by atoms with Crippen molar-refractivity contribution in [2.24, 2.45) is 0 Å². The number of carbonyl (C=O) groups excluding carboxylic acids is 1. The molecule has 0 aliphatic carbocycles. The van der Waals surface area contributed by atoms with Crippen LogP contribution in [0, 0.1) is 6.92 Å². The van der Waals surface area contributed by atoms with E-state index >= 15 is 0 Å². The van der Waals surface area contributed by atoms with Gasteiger partial charge in [0.25, 0.3) is 10.0 Å². The Labute approximate surface area is 150 Å². The second-order valence-electron chi connectivity index (χ2n) is 5.25. The Kier molecular flexibility index (Phi) is 6.85. The van der Waals surface area contributed by atoms with Gasteiger partial charge in [-0.15, -0.1) is 11.3 Å². The predicted molar refractivity (Wildman–Crippen MR) is 101 cm³/mol. The van der Waals surface area contributed by atoms with E-state index in [1.54, 1.807) is 29.3 Å². The van der Waals surface area contributed by atoms with Crippen molar-refractivity contribution in [3.8, 4) is 0 Å². The third kappa shape index (κ3) is 5.34. The van der Waals surface area contributed by atoms with E-state index in [0.717, 1.165) is 16.9 Å². The van der Waals surface area contributed by atoms with Crippen molar-refractivity contribution in [2.45, 2.75) is 23.6 Å². The highest BCUT2D eigenvalue weighted by Gasteiger charge is 2.26. The fourth-order valence-electron chi connectivity index (χ4n) is 2.09. The van der Waals surface area contributed by atoms with Gasteiger partial charge in [-0.25, -0.2) is 8.42 Å². The van der Waals surface area contributed by atoms with Crippen LogP contribution in [0.5, 0.6) is 0 Å². The number of carbonyl (C=O) groups is 1. The predicted octanol–water partition coefficient (Wildman–Crippen LogP) is 3.10. The van der Waals surface area contributed by atoms with Crippen LogP contribution in [0.2, 0.25) is 0 Å². The van der Waals surface area contributed by atoms with E-state index in [9.17, 15) is 13.2 Å². The third-order valence-electron chi connectivity index (χ3n) is 3.27. The monoisotopic (exact) mass is 384 g/mol. The largest absolute Gasteiger partial charge is 0.325 e. The molecule has 1 amide bonds. The Morgan fingerprint density at radius 1 is 1.29 bits per heavy atom. The normalized spacial score (nSPS) is 12.8. The van der Waals surface area contributed by atoms with Crippen molar-refractivity contribution in [1.29, 1.82) is 0 Å². The molecular weight excluding hydrogens is 364 g/mol. The molecule has 0 unspecified atom stereocenters. The quantitative estimate of drug-likeness (QED) is 0.733. The Hall–Kier alpha value is -1.35. The molecule has 2 aromatic rings. The first-order chi connectivity index (χ1) is 11.4. The van der Waals surface area contributed by atoms with Crippen molar-refractivity contribution in [1.82, 2.24) is 4.72 Å². The van der Waals surface area contributed by atoms with E-state index in [1.807, 2.05) is 31.4 Å². The van der Waals surface area contributed by atoms with Crippen LogP contribution in [0.4, 0.5) is 5.69 Å². The van der Waals surface area contributed by atoms with Crippen molar-refractivity contribution in [2.75, 3.05) is 17.3 Å². The van der Waals surface area contributed by atoms with Gasteiger partial charge in [-0.05, 0) is 54.5 Å². The van der Waals surface area contributed by atoms with Gasteiger partial charge in [-0.2, -0.15) is 16.5 Å². The molecule has 1 atom stereocenters. The lowest BCUT2D eigenvalue weighted by molar-refractivity contribution is -0.117. The van der Waals surface area contributed by atoms with E-state index in [4.69, 9.17) is 0 Å². The molecule has 0 bridgehead atoms. The van der Waals surface area contributed by atoms with Gasteiger partial charge in [0.2, 0.25) is 5.91 Å². The van der Waals surface area contributed by atoms with Gasteiger partial charge < -0.3 is 5.32 Å². The molecular formula is C16H20N2O3S3. The van der Waals surface area contributed by atoms with Gasteiger partial charge in [-0.1, -0.05) is 18.2 Å². The van der Waals surface area contributed by atoms with Crippen LogP contribution in [0.15, 0.2) is 46.0 Å². The first-order valence-corrected chi connectivity index (χ1v) is 11.1. The van der Waals surface area contributed by atoms with Crippen molar-refractivity contribution >= 4 is 44.7 Å². The summed E-state index contributed by atoms with van der Waals surface area (Å²) in [6.07, 6.45) is 2.34. The zero-order valence-corrected chi connectivity index (χ0v) is 15.9. The summed E-state index contributed by atoms with van der Waals surface area (Å²) < 4.78 is 27.5. The van der Waals surface area contributed by atoms with Gasteiger partial charge in [-0.3, -0.25) is 4.79 Å². The van der Waals surface area contributed by atoms with Crippen molar-refractivity contribution in [3.05, 3.63) is 47.3 Å². The van der Waals surface area contributed by atoms with Gasteiger partial charge >= 0.3 is 0 Å². The fraction of sp³-hybridized carbons (Fsp3) is 0.312. The maximum Gasteiger partial charge on any atom is 0.250 e. The molecule has 2 N–H and O–H groups in total. The standard InChI is InChI=1S/C16H20N2O3S3/c1-12-5-3-6-13(11-12)17-16(19)14(8-10-22-2)18-24(20,21)15-7-4-9-23-15/h3-7,9,11,14,18H,8,10H2,1-2H3,(H,17,19)/t14-/m0/s1. The van der Waals surface area contributed by atoms with Gasteiger partial charge in [0.1, 0.15) is 10.3 Å². The number of nitrogens with one attached hydrogen (secondary N) is 2. The minimum absolute atomic E-state index is 0.208. The lowest BCUT2D eigenvalue weighted by Gasteiger charge is -2.18. The molecule has 1 aromatic carbocycles. The van der Waals surface area contributed by atoms with E-state index in [1.165, 1.54) is 6.07 Å². The summed E-state index contributed by atoms with van der Waals surface area (Å²) in [6, 6.07) is 9.78. The molecule has 0 saturated heterocycles. The van der Waals surface area contributed by atoms with E-state index in [2.05, 4.69) is 10.0 Å². The molecule has 0 radical (unpaired) electrons. The summed E-state index contributed by atoms with van der Waals surface area (Å²) in [5.41, 5.74) is 1.68. The number of aryl methyl sites for hydroxylation is 1. The first-order valence-electron chi connectivity index (χ1n) is 7.34. The number of thiophene rings is 1. The van der Waals surface area contributed by atoms with E-state index in [-0.39, 0.29) is 10.1 Å². The molecule has 5 nitrogen and oxygen atoms in total. The first kappa shape index (κ1) is 19.0.